The fraction of sp³-hybridized carbons (Fsp3) is 0.344. The van der Waals surface area contributed by atoms with Gasteiger partial charge in [-0.3, -0.25) is 4.79 Å². The van der Waals surface area contributed by atoms with E-state index in [1.54, 1.807) is 6.92 Å². The van der Waals surface area contributed by atoms with Crippen LogP contribution >= 0.6 is 0 Å². The number of rotatable bonds is 3. The van der Waals surface area contributed by atoms with Crippen molar-refractivity contribution in [2.75, 3.05) is 38.2 Å². The van der Waals surface area contributed by atoms with Crippen molar-refractivity contribution in [1.82, 2.24) is 15.1 Å². The van der Waals surface area contributed by atoms with Crippen molar-refractivity contribution < 1.29 is 13.9 Å². The molecule has 3 aliphatic heterocycles. The number of carbonyl (C=O) groups excluding carboxylic acids is 1. The van der Waals surface area contributed by atoms with Crippen LogP contribution in [0.25, 0.3) is 22.6 Å². The number of aromatic nitrogens is 2. The Morgan fingerprint density at radius 3 is 2.44 bits per heavy atom. The van der Waals surface area contributed by atoms with Gasteiger partial charge in [-0.1, -0.05) is 18.2 Å². The fourth-order valence-corrected chi connectivity index (χ4v) is 6.34. The number of ether oxygens (including phenoxy) is 1. The molecular formula is C32H32N4O3. The van der Waals surface area contributed by atoms with Gasteiger partial charge < -0.3 is 19.0 Å². The zero-order chi connectivity index (χ0) is 26.7. The molecule has 1 amide bonds. The number of nitrogens with zero attached hydrogens (tertiary/aromatic N) is 4. The van der Waals surface area contributed by atoms with Crippen molar-refractivity contribution in [3.8, 4) is 28.3 Å². The van der Waals surface area contributed by atoms with Crippen LogP contribution in [-0.4, -0.2) is 54.3 Å². The number of fused-ring (bicyclic) bond motifs is 3. The molecule has 0 aliphatic carbocycles. The van der Waals surface area contributed by atoms with Crippen molar-refractivity contribution in [2.45, 2.75) is 38.5 Å². The van der Waals surface area contributed by atoms with Crippen LogP contribution in [0.15, 0.2) is 59.0 Å². The molecule has 4 heterocycles. The molecule has 0 radical (unpaired) electrons. The lowest BCUT2D eigenvalue weighted by atomic mass is 9.74. The molecule has 1 saturated heterocycles. The third kappa shape index (κ3) is 4.03. The third-order valence-corrected chi connectivity index (χ3v) is 8.79. The van der Waals surface area contributed by atoms with Crippen LogP contribution in [0.5, 0.6) is 5.75 Å². The highest BCUT2D eigenvalue weighted by Gasteiger charge is 2.44. The second kappa shape index (κ2) is 9.06. The van der Waals surface area contributed by atoms with Crippen LogP contribution in [0.2, 0.25) is 0 Å². The van der Waals surface area contributed by atoms with Gasteiger partial charge in [-0.2, -0.15) is 0 Å². The Bertz CT molecular complexity index is 1580. The van der Waals surface area contributed by atoms with Gasteiger partial charge in [-0.05, 0) is 105 Å². The van der Waals surface area contributed by atoms with E-state index in [2.05, 4.69) is 53.3 Å². The quantitative estimate of drug-likeness (QED) is 0.351. The number of hydrogen-bond donors (Lipinski definition) is 0. The van der Waals surface area contributed by atoms with Gasteiger partial charge in [0.25, 0.3) is 5.91 Å². The maximum Gasteiger partial charge on any atom is 0.258 e. The molecule has 3 aromatic carbocycles. The van der Waals surface area contributed by atoms with Crippen molar-refractivity contribution in [3.05, 3.63) is 82.7 Å². The molecular weight excluding hydrogens is 488 g/mol. The minimum atomic E-state index is 0.0448. The van der Waals surface area contributed by atoms with Crippen molar-refractivity contribution in [1.29, 1.82) is 0 Å². The van der Waals surface area contributed by atoms with E-state index >= 15 is 0 Å². The van der Waals surface area contributed by atoms with E-state index in [0.29, 0.717) is 23.9 Å². The minimum Gasteiger partial charge on any atom is -0.492 e. The maximum atomic E-state index is 13.7. The minimum absolute atomic E-state index is 0.0448. The number of piperidine rings is 1. The summed E-state index contributed by atoms with van der Waals surface area (Å²) in [5, 5.41) is 8.11. The summed E-state index contributed by atoms with van der Waals surface area (Å²) in [5.41, 5.74) is 8.44. The smallest absolute Gasteiger partial charge is 0.258 e. The van der Waals surface area contributed by atoms with E-state index in [1.807, 2.05) is 35.2 Å². The largest absolute Gasteiger partial charge is 0.492 e. The molecule has 7 heteroatoms. The number of benzene rings is 3. The molecule has 3 aliphatic rings. The van der Waals surface area contributed by atoms with Gasteiger partial charge in [0.05, 0.1) is 6.61 Å². The molecule has 0 N–H and O–H groups in total. The number of carbonyl (C=O) groups is 1. The Hall–Kier alpha value is -3.97. The number of likely N-dealkylation sites (tertiary alicyclic amines) is 1. The molecule has 7 rings (SSSR count). The van der Waals surface area contributed by atoms with Crippen LogP contribution < -0.4 is 9.64 Å². The SMILES string of the molecule is Cc1nnc(-c2ccc(C)c(-c3ccc(C(=O)N4CCc5cc6c(cc54)C4(CCN(C)CC4)CO6)cc3)c2)o1. The highest BCUT2D eigenvalue weighted by atomic mass is 16.5. The number of anilines is 1. The van der Waals surface area contributed by atoms with Gasteiger partial charge in [0.15, 0.2) is 0 Å². The van der Waals surface area contributed by atoms with E-state index in [-0.39, 0.29) is 11.3 Å². The monoisotopic (exact) mass is 520 g/mol. The predicted molar refractivity (Wildman–Crippen MR) is 150 cm³/mol. The van der Waals surface area contributed by atoms with E-state index < -0.39 is 0 Å². The van der Waals surface area contributed by atoms with Crippen LogP contribution in [0.4, 0.5) is 5.69 Å². The summed E-state index contributed by atoms with van der Waals surface area (Å²) in [4.78, 5) is 18.1. The molecule has 7 nitrogen and oxygen atoms in total. The topological polar surface area (TPSA) is 71.7 Å². The summed E-state index contributed by atoms with van der Waals surface area (Å²) in [7, 11) is 2.19. The number of aryl methyl sites for hydroxylation is 2. The molecule has 0 atom stereocenters. The zero-order valence-corrected chi connectivity index (χ0v) is 22.7. The average Bonchev–Trinajstić information content (AvgIpc) is 3.67. The summed E-state index contributed by atoms with van der Waals surface area (Å²) in [5.74, 6) is 2.11. The number of amides is 1. The Kier molecular flexibility index (Phi) is 5.60. The standard InChI is InChI=1S/C32H32N4O3/c1-20-4-5-25(30-34-33-21(2)39-30)16-26(20)22-6-8-23(9-7-22)31(37)36-13-10-24-17-29-27(18-28(24)36)32(19-38-29)11-14-35(3)15-12-32/h4-9,16-18H,10-15,19H2,1-3H3. The zero-order valence-electron chi connectivity index (χ0n) is 22.7. The van der Waals surface area contributed by atoms with Crippen LogP contribution in [0.3, 0.4) is 0 Å². The molecule has 39 heavy (non-hydrogen) atoms. The van der Waals surface area contributed by atoms with Gasteiger partial charge in [-0.25, -0.2) is 0 Å². The highest BCUT2D eigenvalue weighted by molar-refractivity contribution is 6.07. The first-order valence-electron chi connectivity index (χ1n) is 13.7. The van der Waals surface area contributed by atoms with E-state index in [9.17, 15) is 4.79 Å². The maximum absolute atomic E-state index is 13.7. The molecule has 1 aromatic heterocycles. The Balaban J connectivity index is 1.16. The predicted octanol–water partition coefficient (Wildman–Crippen LogP) is 5.58. The van der Waals surface area contributed by atoms with Crippen molar-refractivity contribution in [3.63, 3.8) is 0 Å². The van der Waals surface area contributed by atoms with Gasteiger partial charge in [-0.15, -0.1) is 10.2 Å². The van der Waals surface area contributed by atoms with Crippen molar-refractivity contribution >= 4 is 11.6 Å². The normalized spacial score (nSPS) is 17.8. The molecule has 0 bridgehead atoms. The summed E-state index contributed by atoms with van der Waals surface area (Å²) in [6.45, 7) is 7.46. The molecule has 198 valence electrons. The van der Waals surface area contributed by atoms with Gasteiger partial charge >= 0.3 is 0 Å². The van der Waals surface area contributed by atoms with Crippen LogP contribution in [-0.2, 0) is 11.8 Å². The molecule has 1 spiro atoms. The lowest BCUT2D eigenvalue weighted by molar-refractivity contribution is 0.0989. The average molecular weight is 521 g/mol. The lowest BCUT2D eigenvalue weighted by Crippen LogP contribution is -2.42. The molecule has 0 unspecified atom stereocenters. The first kappa shape index (κ1) is 24.1. The number of hydrogen-bond acceptors (Lipinski definition) is 6. The van der Waals surface area contributed by atoms with Crippen LogP contribution in [0, 0.1) is 13.8 Å². The van der Waals surface area contributed by atoms with E-state index in [4.69, 9.17) is 9.15 Å². The second-order valence-corrected chi connectivity index (χ2v) is 11.3. The lowest BCUT2D eigenvalue weighted by Gasteiger charge is -2.37. The Labute approximate surface area is 228 Å². The molecule has 4 aromatic rings. The molecule has 1 fully saturated rings. The highest BCUT2D eigenvalue weighted by Crippen LogP contribution is 2.49. The summed E-state index contributed by atoms with van der Waals surface area (Å²) >= 11 is 0. The molecule has 0 saturated carbocycles. The first-order valence-corrected chi connectivity index (χ1v) is 13.7. The van der Waals surface area contributed by atoms with E-state index in [1.165, 1.54) is 11.1 Å². The van der Waals surface area contributed by atoms with Gasteiger partial charge in [0.2, 0.25) is 11.8 Å². The van der Waals surface area contributed by atoms with Crippen LogP contribution in [0.1, 0.15) is 45.8 Å². The second-order valence-electron chi connectivity index (χ2n) is 11.3. The van der Waals surface area contributed by atoms with E-state index in [0.717, 1.165) is 72.6 Å². The fourth-order valence-electron chi connectivity index (χ4n) is 6.34. The van der Waals surface area contributed by atoms with Gasteiger partial charge in [0.1, 0.15) is 5.75 Å². The summed E-state index contributed by atoms with van der Waals surface area (Å²) in [6.07, 6.45) is 3.04. The Morgan fingerprint density at radius 1 is 0.923 bits per heavy atom. The summed E-state index contributed by atoms with van der Waals surface area (Å²) in [6, 6.07) is 18.5. The Morgan fingerprint density at radius 2 is 1.69 bits per heavy atom. The summed E-state index contributed by atoms with van der Waals surface area (Å²) < 4.78 is 11.8. The first-order chi connectivity index (χ1) is 18.9. The van der Waals surface area contributed by atoms with Gasteiger partial charge in [0, 0.05) is 41.3 Å². The third-order valence-electron chi connectivity index (χ3n) is 8.79. The van der Waals surface area contributed by atoms with Crippen molar-refractivity contribution in [2.24, 2.45) is 0 Å².